The average Bonchev–Trinajstić information content (AvgIpc) is 3.07. The Morgan fingerprint density at radius 2 is 2.03 bits per heavy atom. The van der Waals surface area contributed by atoms with Crippen LogP contribution in [-0.4, -0.2) is 52.9 Å². The van der Waals surface area contributed by atoms with Crippen molar-refractivity contribution in [3.8, 4) is 0 Å². The van der Waals surface area contributed by atoms with Gasteiger partial charge in [-0.3, -0.25) is 4.79 Å². The molecule has 0 radical (unpaired) electrons. The SMILES string of the molecule is CC(c1cc2ccccc2[nH]1)N(C)C(=O)C=Cc1cnc2c(c1)CN(C)CCN2.Cl.Cl. The van der Waals surface area contributed by atoms with Crippen LogP contribution in [-0.2, 0) is 11.3 Å². The molecule has 3 heterocycles. The maximum atomic E-state index is 12.7. The number of aromatic nitrogens is 2. The number of H-pyrrole nitrogens is 1. The maximum Gasteiger partial charge on any atom is 0.246 e. The predicted octanol–water partition coefficient (Wildman–Crippen LogP) is 4.50. The summed E-state index contributed by atoms with van der Waals surface area (Å²) in [4.78, 5) is 24.7. The van der Waals surface area contributed by atoms with Crippen LogP contribution in [0, 0.1) is 0 Å². The number of nitrogens with zero attached hydrogens (tertiary/aromatic N) is 3. The molecule has 0 saturated carbocycles. The third-order valence-electron chi connectivity index (χ3n) is 5.56. The first kappa shape index (κ1) is 24.7. The van der Waals surface area contributed by atoms with Crippen molar-refractivity contribution in [2.75, 3.05) is 32.5 Å². The standard InChI is InChI=1S/C23H27N5O.2ClH/c1-16(21-13-18-6-4-5-7-20(18)26-21)28(3)22(29)9-8-17-12-19-15-27(2)11-10-24-23(19)25-14-17;;/h4-9,12-14,16,26H,10-11,15H2,1-3H3,(H,24,25);2*1H. The minimum absolute atomic E-state index is 0. The summed E-state index contributed by atoms with van der Waals surface area (Å²) in [6.45, 7) is 4.75. The third kappa shape index (κ3) is 5.58. The van der Waals surface area contributed by atoms with Gasteiger partial charge in [-0.25, -0.2) is 4.98 Å². The van der Waals surface area contributed by atoms with Gasteiger partial charge in [0.25, 0.3) is 0 Å². The van der Waals surface area contributed by atoms with Gasteiger partial charge in [0, 0.05) is 55.7 Å². The summed E-state index contributed by atoms with van der Waals surface area (Å²) in [5.41, 5.74) is 4.19. The van der Waals surface area contributed by atoms with Gasteiger partial charge in [-0.1, -0.05) is 18.2 Å². The molecular formula is C23H29Cl2N5O. The Balaban J connectivity index is 0.00000171. The zero-order valence-electron chi connectivity index (χ0n) is 18.0. The minimum Gasteiger partial charge on any atom is -0.369 e. The number of benzene rings is 1. The lowest BCUT2D eigenvalue weighted by atomic mass is 10.1. The fourth-order valence-electron chi connectivity index (χ4n) is 3.64. The van der Waals surface area contributed by atoms with Crippen LogP contribution in [0.1, 0.15) is 29.8 Å². The van der Waals surface area contributed by atoms with Crippen molar-refractivity contribution in [3.05, 3.63) is 65.5 Å². The van der Waals surface area contributed by atoms with Crippen molar-refractivity contribution in [2.24, 2.45) is 0 Å². The molecule has 3 aromatic rings. The molecule has 1 unspecified atom stereocenters. The molecule has 1 amide bonds. The smallest absolute Gasteiger partial charge is 0.246 e. The molecule has 0 spiro atoms. The summed E-state index contributed by atoms with van der Waals surface area (Å²) in [6, 6.07) is 12.3. The van der Waals surface area contributed by atoms with Crippen LogP contribution < -0.4 is 5.32 Å². The number of anilines is 1. The van der Waals surface area contributed by atoms with Gasteiger partial charge in [0.1, 0.15) is 5.82 Å². The van der Waals surface area contributed by atoms with E-state index in [0.29, 0.717) is 0 Å². The number of likely N-dealkylation sites (N-methyl/N-ethyl adjacent to an activating group) is 2. The zero-order valence-corrected chi connectivity index (χ0v) is 19.6. The van der Waals surface area contributed by atoms with Crippen LogP contribution in [0.25, 0.3) is 17.0 Å². The van der Waals surface area contributed by atoms with Crippen molar-refractivity contribution >= 4 is 53.5 Å². The van der Waals surface area contributed by atoms with E-state index in [-0.39, 0.29) is 36.8 Å². The van der Waals surface area contributed by atoms with Crippen LogP contribution >= 0.6 is 24.8 Å². The largest absolute Gasteiger partial charge is 0.369 e. The molecule has 0 aliphatic carbocycles. The van der Waals surface area contributed by atoms with E-state index in [9.17, 15) is 4.79 Å². The normalized spacial score (nSPS) is 14.7. The molecule has 1 aliphatic rings. The Kier molecular flexibility index (Phi) is 8.51. The van der Waals surface area contributed by atoms with Gasteiger partial charge in [-0.05, 0) is 49.2 Å². The summed E-state index contributed by atoms with van der Waals surface area (Å²) in [6.07, 6.45) is 5.27. The lowest BCUT2D eigenvalue weighted by Gasteiger charge is -2.22. The number of rotatable bonds is 4. The zero-order chi connectivity index (χ0) is 20.4. The molecular weight excluding hydrogens is 433 g/mol. The maximum absolute atomic E-state index is 12.7. The number of hydrogen-bond acceptors (Lipinski definition) is 4. The van der Waals surface area contributed by atoms with Gasteiger partial charge in [-0.15, -0.1) is 24.8 Å². The van der Waals surface area contributed by atoms with Crippen molar-refractivity contribution in [3.63, 3.8) is 0 Å². The Hall–Kier alpha value is -2.54. The molecule has 31 heavy (non-hydrogen) atoms. The topological polar surface area (TPSA) is 64.3 Å². The van der Waals surface area contributed by atoms with E-state index >= 15 is 0 Å². The molecule has 2 aromatic heterocycles. The van der Waals surface area contributed by atoms with Gasteiger partial charge < -0.3 is 20.1 Å². The number of carbonyl (C=O) groups excluding carboxylic acids is 1. The van der Waals surface area contributed by atoms with E-state index in [4.69, 9.17) is 0 Å². The summed E-state index contributed by atoms with van der Waals surface area (Å²) < 4.78 is 0. The first-order chi connectivity index (χ1) is 14.0. The Bertz CT molecular complexity index is 1030. The molecule has 2 N–H and O–H groups in total. The van der Waals surface area contributed by atoms with Crippen molar-refractivity contribution in [1.82, 2.24) is 19.8 Å². The summed E-state index contributed by atoms with van der Waals surface area (Å²) in [7, 11) is 3.93. The highest BCUT2D eigenvalue weighted by Gasteiger charge is 2.17. The quantitative estimate of drug-likeness (QED) is 0.561. The highest BCUT2D eigenvalue weighted by molar-refractivity contribution is 5.92. The van der Waals surface area contributed by atoms with Gasteiger partial charge in [-0.2, -0.15) is 0 Å². The van der Waals surface area contributed by atoms with E-state index in [1.165, 1.54) is 0 Å². The summed E-state index contributed by atoms with van der Waals surface area (Å²) >= 11 is 0. The van der Waals surface area contributed by atoms with Gasteiger partial charge in [0.05, 0.1) is 6.04 Å². The number of aromatic amines is 1. The number of carbonyl (C=O) groups is 1. The van der Waals surface area contributed by atoms with Gasteiger partial charge >= 0.3 is 0 Å². The first-order valence-corrected chi connectivity index (χ1v) is 9.95. The van der Waals surface area contributed by atoms with E-state index < -0.39 is 0 Å². The Morgan fingerprint density at radius 1 is 1.26 bits per heavy atom. The number of pyridine rings is 1. The monoisotopic (exact) mass is 461 g/mol. The van der Waals surface area contributed by atoms with Gasteiger partial charge in [0.15, 0.2) is 0 Å². The number of para-hydroxylation sites is 1. The lowest BCUT2D eigenvalue weighted by molar-refractivity contribution is -0.126. The van der Waals surface area contributed by atoms with Crippen molar-refractivity contribution < 1.29 is 4.79 Å². The number of nitrogens with one attached hydrogen (secondary N) is 2. The van der Waals surface area contributed by atoms with Gasteiger partial charge in [0.2, 0.25) is 5.91 Å². The molecule has 1 atom stereocenters. The second-order valence-corrected chi connectivity index (χ2v) is 7.71. The second-order valence-electron chi connectivity index (χ2n) is 7.71. The average molecular weight is 462 g/mol. The second kappa shape index (κ2) is 10.7. The molecule has 0 saturated heterocycles. The highest BCUT2D eigenvalue weighted by Crippen LogP contribution is 2.24. The van der Waals surface area contributed by atoms with Crippen molar-refractivity contribution in [2.45, 2.75) is 19.5 Å². The fourth-order valence-corrected chi connectivity index (χ4v) is 3.64. The fraction of sp³-hybridized carbons (Fsp3) is 0.304. The van der Waals surface area contributed by atoms with E-state index in [1.807, 2.05) is 44.4 Å². The molecule has 1 aliphatic heterocycles. The lowest BCUT2D eigenvalue weighted by Crippen LogP contribution is -2.28. The minimum atomic E-state index is -0.0532. The molecule has 166 valence electrons. The number of hydrogen-bond donors (Lipinski definition) is 2. The first-order valence-electron chi connectivity index (χ1n) is 9.95. The molecule has 1 aromatic carbocycles. The van der Waals surface area contributed by atoms with E-state index in [1.54, 1.807) is 11.0 Å². The number of halogens is 2. The molecule has 0 fully saturated rings. The van der Waals surface area contributed by atoms with E-state index in [0.717, 1.165) is 53.2 Å². The molecule has 0 bridgehead atoms. The summed E-state index contributed by atoms with van der Waals surface area (Å²) in [5.74, 6) is 0.892. The molecule has 4 rings (SSSR count). The summed E-state index contributed by atoms with van der Waals surface area (Å²) in [5, 5.41) is 4.51. The number of amides is 1. The molecule has 8 heteroatoms. The number of fused-ring (bicyclic) bond motifs is 2. The van der Waals surface area contributed by atoms with Crippen LogP contribution in [0.15, 0.2) is 48.7 Å². The molecule has 6 nitrogen and oxygen atoms in total. The van der Waals surface area contributed by atoms with E-state index in [2.05, 4.69) is 45.4 Å². The predicted molar refractivity (Wildman–Crippen MR) is 132 cm³/mol. The van der Waals surface area contributed by atoms with Crippen LogP contribution in [0.4, 0.5) is 5.82 Å². The Labute approximate surface area is 195 Å². The highest BCUT2D eigenvalue weighted by atomic mass is 35.5. The van der Waals surface area contributed by atoms with Crippen LogP contribution in [0.2, 0.25) is 0 Å². The third-order valence-corrected chi connectivity index (χ3v) is 5.56. The van der Waals surface area contributed by atoms with Crippen LogP contribution in [0.3, 0.4) is 0 Å². The van der Waals surface area contributed by atoms with Crippen LogP contribution in [0.5, 0.6) is 0 Å². The Morgan fingerprint density at radius 3 is 2.81 bits per heavy atom. The van der Waals surface area contributed by atoms with Crippen molar-refractivity contribution in [1.29, 1.82) is 0 Å².